The summed E-state index contributed by atoms with van der Waals surface area (Å²) >= 11 is 0. The number of methoxy groups -OCH3 is 2. The number of hydrogen-bond acceptors (Lipinski definition) is 6. The smallest absolute Gasteiger partial charge is 0.374 e. The second-order valence-electron chi connectivity index (χ2n) is 3.66. The standard InChI is InChI=1S/C11H16N2O6/c1-17-5-3-13(4-6-18-2)10(14)8-7-9(11(15)16)19-12-8/h7H,3-6H2,1-2H3,(H,15,16). The van der Waals surface area contributed by atoms with Crippen LogP contribution < -0.4 is 0 Å². The van der Waals surface area contributed by atoms with E-state index in [9.17, 15) is 9.59 Å². The molecule has 19 heavy (non-hydrogen) atoms. The summed E-state index contributed by atoms with van der Waals surface area (Å²) in [7, 11) is 3.05. The van der Waals surface area contributed by atoms with Gasteiger partial charge < -0.3 is 24.0 Å². The first-order valence-electron chi connectivity index (χ1n) is 5.57. The lowest BCUT2D eigenvalue weighted by Gasteiger charge is -2.20. The van der Waals surface area contributed by atoms with Gasteiger partial charge in [-0.3, -0.25) is 4.79 Å². The Hall–Kier alpha value is -1.93. The summed E-state index contributed by atoms with van der Waals surface area (Å²) in [5.41, 5.74) is -0.0513. The van der Waals surface area contributed by atoms with Gasteiger partial charge in [-0.25, -0.2) is 4.79 Å². The lowest BCUT2D eigenvalue weighted by Crippen LogP contribution is -2.36. The molecule has 1 aromatic heterocycles. The number of aromatic nitrogens is 1. The predicted octanol–water partition coefficient (Wildman–Crippen LogP) is 0.108. The summed E-state index contributed by atoms with van der Waals surface area (Å²) < 4.78 is 14.4. The van der Waals surface area contributed by atoms with Crippen LogP contribution in [0.25, 0.3) is 0 Å². The van der Waals surface area contributed by atoms with Crippen molar-refractivity contribution in [2.75, 3.05) is 40.5 Å². The number of nitrogens with zero attached hydrogens (tertiary/aromatic N) is 2. The minimum absolute atomic E-state index is 0.0513. The summed E-state index contributed by atoms with van der Waals surface area (Å²) in [4.78, 5) is 24.2. The molecule has 0 spiro atoms. The number of ether oxygens (including phenoxy) is 2. The van der Waals surface area contributed by atoms with Gasteiger partial charge in [0.25, 0.3) is 5.91 Å². The Labute approximate surface area is 109 Å². The first kappa shape index (κ1) is 15.1. The van der Waals surface area contributed by atoms with Crippen LogP contribution in [0.3, 0.4) is 0 Å². The van der Waals surface area contributed by atoms with Crippen molar-refractivity contribution in [1.82, 2.24) is 10.1 Å². The maximum absolute atomic E-state index is 12.1. The van der Waals surface area contributed by atoms with Gasteiger partial charge in [-0.05, 0) is 0 Å². The van der Waals surface area contributed by atoms with E-state index < -0.39 is 11.9 Å². The van der Waals surface area contributed by atoms with Crippen molar-refractivity contribution in [1.29, 1.82) is 0 Å². The van der Waals surface area contributed by atoms with E-state index in [1.807, 2.05) is 0 Å². The summed E-state index contributed by atoms with van der Waals surface area (Å²) in [6, 6.07) is 1.09. The lowest BCUT2D eigenvalue weighted by atomic mass is 10.3. The molecule has 0 radical (unpaired) electrons. The second-order valence-corrected chi connectivity index (χ2v) is 3.66. The Kier molecular flexibility index (Phi) is 5.97. The molecule has 0 aromatic carbocycles. The molecule has 0 bridgehead atoms. The molecule has 0 aliphatic heterocycles. The third-order valence-corrected chi connectivity index (χ3v) is 2.36. The van der Waals surface area contributed by atoms with Gasteiger partial charge in [-0.2, -0.15) is 0 Å². The average molecular weight is 272 g/mol. The molecule has 1 N–H and O–H groups in total. The van der Waals surface area contributed by atoms with Crippen molar-refractivity contribution in [3.05, 3.63) is 17.5 Å². The third kappa shape index (κ3) is 4.34. The Balaban J connectivity index is 2.75. The molecule has 1 rings (SSSR count). The van der Waals surface area contributed by atoms with Crippen LogP contribution in [0.5, 0.6) is 0 Å². The number of carbonyl (C=O) groups is 2. The van der Waals surface area contributed by atoms with E-state index in [1.54, 1.807) is 0 Å². The molecule has 0 aliphatic carbocycles. The topological polar surface area (TPSA) is 102 Å². The van der Waals surface area contributed by atoms with Crippen molar-refractivity contribution >= 4 is 11.9 Å². The number of hydrogen-bond donors (Lipinski definition) is 1. The van der Waals surface area contributed by atoms with Gasteiger partial charge in [0.05, 0.1) is 13.2 Å². The largest absolute Gasteiger partial charge is 0.475 e. The van der Waals surface area contributed by atoms with E-state index >= 15 is 0 Å². The molecule has 0 atom stereocenters. The minimum atomic E-state index is -1.27. The molecule has 0 aliphatic rings. The zero-order valence-corrected chi connectivity index (χ0v) is 10.8. The highest BCUT2D eigenvalue weighted by Gasteiger charge is 2.21. The maximum atomic E-state index is 12.1. The molecule has 0 saturated carbocycles. The maximum Gasteiger partial charge on any atom is 0.374 e. The van der Waals surface area contributed by atoms with Gasteiger partial charge >= 0.3 is 5.97 Å². The SMILES string of the molecule is COCCN(CCOC)C(=O)c1cc(C(=O)O)on1. The van der Waals surface area contributed by atoms with Crippen molar-refractivity contribution in [3.63, 3.8) is 0 Å². The summed E-state index contributed by atoms with van der Waals surface area (Å²) in [6.07, 6.45) is 0. The predicted molar refractivity (Wildman–Crippen MR) is 63.1 cm³/mol. The van der Waals surface area contributed by atoms with Crippen molar-refractivity contribution in [3.8, 4) is 0 Å². The van der Waals surface area contributed by atoms with E-state index in [-0.39, 0.29) is 11.5 Å². The van der Waals surface area contributed by atoms with Gasteiger partial charge in [-0.15, -0.1) is 0 Å². The Bertz CT molecular complexity index is 423. The molecule has 106 valence electrons. The van der Waals surface area contributed by atoms with Crippen LogP contribution in [-0.2, 0) is 9.47 Å². The first-order valence-corrected chi connectivity index (χ1v) is 5.57. The second kappa shape index (κ2) is 7.49. The van der Waals surface area contributed by atoms with E-state index in [0.29, 0.717) is 26.3 Å². The number of aromatic carboxylic acids is 1. The molecule has 1 aromatic rings. The Morgan fingerprint density at radius 2 is 1.89 bits per heavy atom. The molecule has 0 fully saturated rings. The fourth-order valence-corrected chi connectivity index (χ4v) is 1.36. The molecule has 1 amide bonds. The Morgan fingerprint density at radius 3 is 2.32 bits per heavy atom. The van der Waals surface area contributed by atoms with Crippen LogP contribution >= 0.6 is 0 Å². The van der Waals surface area contributed by atoms with Crippen molar-refractivity contribution in [2.24, 2.45) is 0 Å². The van der Waals surface area contributed by atoms with E-state index in [2.05, 4.69) is 9.68 Å². The van der Waals surface area contributed by atoms with Crippen LogP contribution in [0, 0.1) is 0 Å². The zero-order chi connectivity index (χ0) is 14.3. The van der Waals surface area contributed by atoms with Crippen LogP contribution in [-0.4, -0.2) is 67.6 Å². The van der Waals surface area contributed by atoms with Crippen molar-refractivity contribution in [2.45, 2.75) is 0 Å². The third-order valence-electron chi connectivity index (χ3n) is 2.36. The van der Waals surface area contributed by atoms with Gasteiger partial charge in [0, 0.05) is 33.4 Å². The molecule has 8 heteroatoms. The van der Waals surface area contributed by atoms with Gasteiger partial charge in [0.15, 0.2) is 5.69 Å². The summed E-state index contributed by atoms with van der Waals surface area (Å²) in [5.74, 6) is -2.07. The monoisotopic (exact) mass is 272 g/mol. The minimum Gasteiger partial charge on any atom is -0.475 e. The number of amides is 1. The summed E-state index contributed by atoms with van der Waals surface area (Å²) in [5, 5.41) is 12.1. The number of carbonyl (C=O) groups excluding carboxylic acids is 1. The molecule has 0 saturated heterocycles. The van der Waals surface area contributed by atoms with E-state index in [0.717, 1.165) is 6.07 Å². The lowest BCUT2D eigenvalue weighted by molar-refractivity contribution is 0.0611. The number of carboxylic acids is 1. The fraction of sp³-hybridized carbons (Fsp3) is 0.545. The molecular weight excluding hydrogens is 256 g/mol. The van der Waals surface area contributed by atoms with Crippen LogP contribution in [0.15, 0.2) is 10.6 Å². The molecular formula is C11H16N2O6. The van der Waals surface area contributed by atoms with Crippen LogP contribution in [0.1, 0.15) is 21.0 Å². The van der Waals surface area contributed by atoms with E-state index in [4.69, 9.17) is 14.6 Å². The van der Waals surface area contributed by atoms with Gasteiger partial charge in [0.1, 0.15) is 0 Å². The molecule has 8 nitrogen and oxygen atoms in total. The normalized spacial score (nSPS) is 10.4. The fourth-order valence-electron chi connectivity index (χ4n) is 1.36. The first-order chi connectivity index (χ1) is 9.10. The summed E-state index contributed by atoms with van der Waals surface area (Å²) in [6.45, 7) is 1.43. The number of carboxylic acid groups (broad SMARTS) is 1. The van der Waals surface area contributed by atoms with Gasteiger partial charge in [-0.1, -0.05) is 5.16 Å². The molecule has 1 heterocycles. The van der Waals surface area contributed by atoms with Crippen LogP contribution in [0.4, 0.5) is 0 Å². The quantitative estimate of drug-likeness (QED) is 0.716. The Morgan fingerprint density at radius 1 is 1.32 bits per heavy atom. The molecule has 0 unspecified atom stereocenters. The highest BCUT2D eigenvalue weighted by atomic mass is 16.5. The number of rotatable bonds is 8. The van der Waals surface area contributed by atoms with E-state index in [1.165, 1.54) is 19.1 Å². The zero-order valence-electron chi connectivity index (χ0n) is 10.8. The highest BCUT2D eigenvalue weighted by molar-refractivity contribution is 5.94. The highest BCUT2D eigenvalue weighted by Crippen LogP contribution is 2.07. The van der Waals surface area contributed by atoms with Gasteiger partial charge in [0.2, 0.25) is 5.76 Å². The van der Waals surface area contributed by atoms with Crippen molar-refractivity contribution < 1.29 is 28.7 Å². The van der Waals surface area contributed by atoms with Crippen LogP contribution in [0.2, 0.25) is 0 Å². The average Bonchev–Trinajstić information content (AvgIpc) is 2.88.